The third-order valence-corrected chi connectivity index (χ3v) is 3.62. The van der Waals surface area contributed by atoms with Crippen LogP contribution in [0.5, 0.6) is 0 Å². The molecule has 0 fully saturated rings. The van der Waals surface area contributed by atoms with Gasteiger partial charge in [-0.05, 0) is 28.3 Å². The molecule has 2 atom stereocenters. The van der Waals surface area contributed by atoms with Crippen LogP contribution in [0.4, 0.5) is 0 Å². The first-order valence-electron chi connectivity index (χ1n) is 7.13. The fraction of sp³-hybridized carbons (Fsp3) is 0.412. The first-order valence-corrected chi connectivity index (χ1v) is 7.13. The van der Waals surface area contributed by atoms with Gasteiger partial charge in [0.05, 0.1) is 12.2 Å². The molecule has 0 bridgehead atoms. The molecule has 3 heteroatoms. The summed E-state index contributed by atoms with van der Waals surface area (Å²) in [5.41, 5.74) is 0.898. The highest BCUT2D eigenvalue weighted by Gasteiger charge is 2.11. The van der Waals surface area contributed by atoms with Crippen LogP contribution in [0.15, 0.2) is 42.5 Å². The molecule has 20 heavy (non-hydrogen) atoms. The Hall–Kier alpha value is -1.42. The molecule has 2 unspecified atom stereocenters. The van der Waals surface area contributed by atoms with Crippen molar-refractivity contribution in [3.8, 4) is 0 Å². The number of hydrogen-bond acceptors (Lipinski definition) is 3. The van der Waals surface area contributed by atoms with Crippen molar-refractivity contribution in [3.63, 3.8) is 0 Å². The molecule has 3 N–H and O–H groups in total. The average Bonchev–Trinajstić information content (AvgIpc) is 2.46. The van der Waals surface area contributed by atoms with Crippen LogP contribution in [0.3, 0.4) is 0 Å². The average molecular weight is 273 g/mol. The van der Waals surface area contributed by atoms with Gasteiger partial charge in [0.1, 0.15) is 0 Å². The third-order valence-electron chi connectivity index (χ3n) is 3.62. The smallest absolute Gasteiger partial charge is 0.0914 e. The van der Waals surface area contributed by atoms with Crippen LogP contribution in [0, 0.1) is 5.92 Å². The lowest BCUT2D eigenvalue weighted by Gasteiger charge is -2.17. The van der Waals surface area contributed by atoms with Crippen molar-refractivity contribution in [1.29, 1.82) is 0 Å². The summed E-state index contributed by atoms with van der Waals surface area (Å²) in [6, 6.07) is 14.1. The molecule has 0 aliphatic heterocycles. The van der Waals surface area contributed by atoms with E-state index in [1.54, 1.807) is 0 Å². The van der Waals surface area contributed by atoms with Gasteiger partial charge in [-0.1, -0.05) is 50.2 Å². The van der Waals surface area contributed by atoms with Crippen LogP contribution in [0.1, 0.15) is 25.5 Å². The Morgan fingerprint density at radius 2 is 1.65 bits per heavy atom. The Bertz CT molecular complexity index is 553. The molecule has 2 rings (SSSR count). The number of aliphatic hydroxyl groups excluding tert-OH is 2. The first-order chi connectivity index (χ1) is 9.58. The van der Waals surface area contributed by atoms with Gasteiger partial charge in [0, 0.05) is 13.1 Å². The lowest BCUT2D eigenvalue weighted by atomic mass is 10.0. The lowest BCUT2D eigenvalue weighted by Crippen LogP contribution is -2.33. The van der Waals surface area contributed by atoms with E-state index in [0.29, 0.717) is 13.1 Å². The van der Waals surface area contributed by atoms with Gasteiger partial charge in [-0.25, -0.2) is 0 Å². The molecular formula is C17H23NO2. The second-order valence-corrected chi connectivity index (χ2v) is 5.59. The SMILES string of the molecule is CC(C)C(O)CNCC(O)c1ccc2ccccc2c1. The van der Waals surface area contributed by atoms with Crippen molar-refractivity contribution in [2.75, 3.05) is 13.1 Å². The van der Waals surface area contributed by atoms with Crippen LogP contribution in [-0.4, -0.2) is 29.4 Å². The summed E-state index contributed by atoms with van der Waals surface area (Å²) in [5, 5.41) is 25.3. The molecule has 0 aromatic heterocycles. The van der Waals surface area contributed by atoms with E-state index >= 15 is 0 Å². The summed E-state index contributed by atoms with van der Waals surface area (Å²) < 4.78 is 0. The van der Waals surface area contributed by atoms with Crippen molar-refractivity contribution in [2.45, 2.75) is 26.1 Å². The summed E-state index contributed by atoms with van der Waals surface area (Å²) in [4.78, 5) is 0. The number of rotatable bonds is 6. The van der Waals surface area contributed by atoms with Gasteiger partial charge in [-0.3, -0.25) is 0 Å². The largest absolute Gasteiger partial charge is 0.392 e. The molecule has 2 aromatic rings. The second kappa shape index (κ2) is 6.84. The fourth-order valence-corrected chi connectivity index (χ4v) is 2.14. The monoisotopic (exact) mass is 273 g/mol. The molecule has 0 spiro atoms. The summed E-state index contributed by atoms with van der Waals surface area (Å²) in [5.74, 6) is 0.223. The molecule has 0 radical (unpaired) electrons. The summed E-state index contributed by atoms with van der Waals surface area (Å²) in [6.45, 7) is 4.91. The zero-order valence-electron chi connectivity index (χ0n) is 12.1. The van der Waals surface area contributed by atoms with Crippen molar-refractivity contribution in [1.82, 2.24) is 5.32 Å². The van der Waals surface area contributed by atoms with Crippen molar-refractivity contribution < 1.29 is 10.2 Å². The van der Waals surface area contributed by atoms with Gasteiger partial charge in [0.2, 0.25) is 0 Å². The van der Waals surface area contributed by atoms with Crippen LogP contribution in [0.2, 0.25) is 0 Å². The molecule has 0 aliphatic rings. The number of nitrogens with one attached hydrogen (secondary N) is 1. The zero-order valence-corrected chi connectivity index (χ0v) is 12.1. The maximum absolute atomic E-state index is 10.2. The summed E-state index contributed by atoms with van der Waals surface area (Å²) in [6.07, 6.45) is -0.933. The number of benzene rings is 2. The van der Waals surface area contributed by atoms with E-state index in [9.17, 15) is 10.2 Å². The second-order valence-electron chi connectivity index (χ2n) is 5.59. The highest BCUT2D eigenvalue weighted by molar-refractivity contribution is 5.83. The quantitative estimate of drug-likeness (QED) is 0.758. The van der Waals surface area contributed by atoms with Gasteiger partial charge >= 0.3 is 0 Å². The van der Waals surface area contributed by atoms with Gasteiger partial charge in [0.15, 0.2) is 0 Å². The molecule has 2 aromatic carbocycles. The summed E-state index contributed by atoms with van der Waals surface area (Å²) in [7, 11) is 0. The van der Waals surface area contributed by atoms with Crippen LogP contribution < -0.4 is 5.32 Å². The van der Waals surface area contributed by atoms with E-state index in [4.69, 9.17) is 0 Å². The van der Waals surface area contributed by atoms with E-state index in [2.05, 4.69) is 11.4 Å². The van der Waals surface area contributed by atoms with Gasteiger partial charge < -0.3 is 15.5 Å². The number of fused-ring (bicyclic) bond motifs is 1. The third kappa shape index (κ3) is 3.79. The van der Waals surface area contributed by atoms with Crippen LogP contribution >= 0.6 is 0 Å². The topological polar surface area (TPSA) is 52.5 Å². The molecule has 3 nitrogen and oxygen atoms in total. The molecule has 0 amide bonds. The summed E-state index contributed by atoms with van der Waals surface area (Å²) >= 11 is 0. The molecule has 0 heterocycles. The normalized spacial score (nSPS) is 14.7. The number of hydrogen-bond donors (Lipinski definition) is 3. The lowest BCUT2D eigenvalue weighted by molar-refractivity contribution is 0.113. The zero-order chi connectivity index (χ0) is 14.5. The predicted octanol–water partition coefficient (Wildman–Crippen LogP) is 2.48. The molecule has 108 valence electrons. The van der Waals surface area contributed by atoms with Crippen molar-refractivity contribution >= 4 is 10.8 Å². The molecule has 0 saturated carbocycles. The minimum absolute atomic E-state index is 0.223. The van der Waals surface area contributed by atoms with E-state index in [1.165, 1.54) is 5.39 Å². The Morgan fingerprint density at radius 3 is 2.35 bits per heavy atom. The van der Waals surface area contributed by atoms with E-state index in [0.717, 1.165) is 10.9 Å². The van der Waals surface area contributed by atoms with Crippen LogP contribution in [-0.2, 0) is 0 Å². The highest BCUT2D eigenvalue weighted by atomic mass is 16.3. The minimum Gasteiger partial charge on any atom is -0.392 e. The maximum Gasteiger partial charge on any atom is 0.0914 e. The maximum atomic E-state index is 10.2. The Morgan fingerprint density at radius 1 is 0.950 bits per heavy atom. The number of aliphatic hydroxyl groups is 2. The van der Waals surface area contributed by atoms with Gasteiger partial charge in [0.25, 0.3) is 0 Å². The predicted molar refractivity (Wildman–Crippen MR) is 82.6 cm³/mol. The Kier molecular flexibility index (Phi) is 5.12. The molecule has 0 aliphatic carbocycles. The molecule has 0 saturated heterocycles. The first kappa shape index (κ1) is 15.0. The Balaban J connectivity index is 1.95. The van der Waals surface area contributed by atoms with E-state index in [-0.39, 0.29) is 12.0 Å². The van der Waals surface area contributed by atoms with Crippen LogP contribution in [0.25, 0.3) is 10.8 Å². The van der Waals surface area contributed by atoms with Gasteiger partial charge in [-0.15, -0.1) is 0 Å². The fourth-order valence-electron chi connectivity index (χ4n) is 2.14. The highest BCUT2D eigenvalue weighted by Crippen LogP contribution is 2.20. The van der Waals surface area contributed by atoms with Gasteiger partial charge in [-0.2, -0.15) is 0 Å². The Labute approximate surface area is 120 Å². The molecular weight excluding hydrogens is 250 g/mol. The van der Waals surface area contributed by atoms with E-state index < -0.39 is 6.10 Å². The van der Waals surface area contributed by atoms with E-state index in [1.807, 2.05) is 50.2 Å². The van der Waals surface area contributed by atoms with Crippen molar-refractivity contribution in [2.24, 2.45) is 5.92 Å². The van der Waals surface area contributed by atoms with Crippen molar-refractivity contribution in [3.05, 3.63) is 48.0 Å². The minimum atomic E-state index is -0.557. The standard InChI is InChI=1S/C17H23NO2/c1-12(2)16(19)10-18-11-17(20)15-8-7-13-5-3-4-6-14(13)9-15/h3-9,12,16-20H,10-11H2,1-2H3.